The molecule has 0 radical (unpaired) electrons. The van der Waals surface area contributed by atoms with Gasteiger partial charge < -0.3 is 15.1 Å². The number of hydrogen-bond acceptors (Lipinski definition) is 2. The molecular weight excluding hydrogens is 279 g/mol. The fraction of sp³-hybridized carbons (Fsp3) is 0.588. The molecule has 1 rings (SSSR count). The molecule has 0 aliphatic rings. The molecule has 22 heavy (non-hydrogen) atoms. The number of likely N-dealkylation sites (N-methyl/N-ethyl adjacent to an activating group) is 1. The summed E-state index contributed by atoms with van der Waals surface area (Å²) in [5.41, 5.74) is 1.06. The van der Waals surface area contributed by atoms with Gasteiger partial charge in [-0.05, 0) is 37.2 Å². The third kappa shape index (κ3) is 6.43. The molecule has 1 N–H and O–H groups in total. The molecule has 4 nitrogen and oxygen atoms in total. The minimum Gasteiger partial charge on any atom is -0.355 e. The van der Waals surface area contributed by atoms with Crippen molar-refractivity contribution in [3.05, 3.63) is 35.6 Å². The van der Waals surface area contributed by atoms with Crippen LogP contribution in [0.5, 0.6) is 0 Å². The zero-order chi connectivity index (χ0) is 16.4. The summed E-state index contributed by atoms with van der Waals surface area (Å²) >= 11 is 0. The highest BCUT2D eigenvalue weighted by Crippen LogP contribution is 2.05. The van der Waals surface area contributed by atoms with Crippen molar-refractivity contribution in [3.63, 3.8) is 0 Å². The summed E-state index contributed by atoms with van der Waals surface area (Å²) in [6.45, 7) is 9.16. The van der Waals surface area contributed by atoms with Gasteiger partial charge in [0.15, 0.2) is 5.96 Å². The number of benzene rings is 1. The highest BCUT2D eigenvalue weighted by Gasteiger charge is 2.07. The molecule has 0 aliphatic carbocycles. The average Bonchev–Trinajstić information content (AvgIpc) is 2.52. The van der Waals surface area contributed by atoms with Crippen LogP contribution < -0.4 is 5.32 Å². The summed E-state index contributed by atoms with van der Waals surface area (Å²) in [6, 6.07) is 6.59. The lowest BCUT2D eigenvalue weighted by atomic mass is 10.2. The summed E-state index contributed by atoms with van der Waals surface area (Å²) in [7, 11) is 3.77. The molecule has 1 aromatic carbocycles. The third-order valence-corrected chi connectivity index (χ3v) is 3.60. The Morgan fingerprint density at radius 3 is 2.41 bits per heavy atom. The highest BCUT2D eigenvalue weighted by molar-refractivity contribution is 5.79. The van der Waals surface area contributed by atoms with Crippen LogP contribution in [-0.4, -0.2) is 56.0 Å². The van der Waals surface area contributed by atoms with E-state index in [9.17, 15) is 4.39 Å². The Morgan fingerprint density at radius 1 is 1.18 bits per heavy atom. The second-order valence-electron chi connectivity index (χ2n) is 5.39. The second-order valence-corrected chi connectivity index (χ2v) is 5.39. The highest BCUT2D eigenvalue weighted by atomic mass is 19.1. The summed E-state index contributed by atoms with van der Waals surface area (Å²) < 4.78 is 12.9. The SMILES string of the molecule is CCCN(CC)CCNC(=NC)N(C)Cc1ccc(F)cc1. The molecule has 0 fully saturated rings. The molecule has 0 heterocycles. The van der Waals surface area contributed by atoms with E-state index < -0.39 is 0 Å². The summed E-state index contributed by atoms with van der Waals surface area (Å²) in [6.07, 6.45) is 1.17. The van der Waals surface area contributed by atoms with Gasteiger partial charge in [-0.3, -0.25) is 4.99 Å². The van der Waals surface area contributed by atoms with Crippen molar-refractivity contribution >= 4 is 5.96 Å². The topological polar surface area (TPSA) is 30.9 Å². The number of hydrogen-bond donors (Lipinski definition) is 1. The summed E-state index contributed by atoms with van der Waals surface area (Å²) in [5.74, 6) is 0.654. The standard InChI is InChI=1S/C17H29FN4/c1-5-12-22(6-2)13-11-20-17(19-3)21(4)14-15-7-9-16(18)10-8-15/h7-10H,5-6,11-14H2,1-4H3,(H,19,20). The lowest BCUT2D eigenvalue weighted by Gasteiger charge is -2.24. The lowest BCUT2D eigenvalue weighted by molar-refractivity contribution is 0.291. The first-order valence-corrected chi connectivity index (χ1v) is 7.99. The van der Waals surface area contributed by atoms with E-state index in [1.54, 1.807) is 19.2 Å². The maximum absolute atomic E-state index is 12.9. The Hall–Kier alpha value is -1.62. The van der Waals surface area contributed by atoms with Crippen molar-refractivity contribution in [2.45, 2.75) is 26.8 Å². The Balaban J connectivity index is 2.44. The molecule has 0 saturated heterocycles. The van der Waals surface area contributed by atoms with Crippen LogP contribution in [0.15, 0.2) is 29.3 Å². The number of nitrogens with one attached hydrogen (secondary N) is 1. The third-order valence-electron chi connectivity index (χ3n) is 3.60. The van der Waals surface area contributed by atoms with E-state index in [0.717, 1.165) is 37.7 Å². The average molecular weight is 308 g/mol. The molecule has 0 aromatic heterocycles. The first kappa shape index (κ1) is 18.4. The summed E-state index contributed by atoms with van der Waals surface area (Å²) in [5, 5.41) is 3.38. The maximum Gasteiger partial charge on any atom is 0.193 e. The number of halogens is 1. The van der Waals surface area contributed by atoms with E-state index in [1.165, 1.54) is 18.6 Å². The fourth-order valence-corrected chi connectivity index (χ4v) is 2.39. The van der Waals surface area contributed by atoms with Crippen molar-refractivity contribution in [2.75, 3.05) is 40.3 Å². The molecule has 0 spiro atoms. The van der Waals surface area contributed by atoms with Gasteiger partial charge in [-0.1, -0.05) is 26.0 Å². The van der Waals surface area contributed by atoms with Gasteiger partial charge in [-0.15, -0.1) is 0 Å². The summed E-state index contributed by atoms with van der Waals surface area (Å²) in [4.78, 5) is 8.77. The first-order valence-electron chi connectivity index (χ1n) is 7.99. The largest absolute Gasteiger partial charge is 0.355 e. The van der Waals surface area contributed by atoms with Gasteiger partial charge in [0.2, 0.25) is 0 Å². The van der Waals surface area contributed by atoms with Crippen LogP contribution in [0.3, 0.4) is 0 Å². The van der Waals surface area contributed by atoms with E-state index in [4.69, 9.17) is 0 Å². The second kappa shape index (κ2) is 10.2. The van der Waals surface area contributed by atoms with Gasteiger partial charge in [0.25, 0.3) is 0 Å². The smallest absolute Gasteiger partial charge is 0.193 e. The molecule has 0 unspecified atom stereocenters. The Morgan fingerprint density at radius 2 is 1.86 bits per heavy atom. The minimum atomic E-state index is -0.204. The fourth-order valence-electron chi connectivity index (χ4n) is 2.39. The molecule has 0 atom stereocenters. The maximum atomic E-state index is 12.9. The van der Waals surface area contributed by atoms with Crippen LogP contribution >= 0.6 is 0 Å². The van der Waals surface area contributed by atoms with Crippen molar-refractivity contribution in [3.8, 4) is 0 Å². The predicted octanol–water partition coefficient (Wildman–Crippen LogP) is 2.56. The van der Waals surface area contributed by atoms with Crippen LogP contribution in [-0.2, 0) is 6.54 Å². The van der Waals surface area contributed by atoms with Crippen LogP contribution in [0.4, 0.5) is 4.39 Å². The van der Waals surface area contributed by atoms with Crippen LogP contribution in [0, 0.1) is 5.82 Å². The zero-order valence-corrected chi connectivity index (χ0v) is 14.3. The monoisotopic (exact) mass is 308 g/mol. The number of aliphatic imine (C=N–C) groups is 1. The van der Waals surface area contributed by atoms with Crippen LogP contribution in [0.2, 0.25) is 0 Å². The number of nitrogens with zero attached hydrogens (tertiary/aromatic N) is 3. The Labute approximate surface area is 134 Å². The van der Waals surface area contributed by atoms with E-state index in [-0.39, 0.29) is 5.82 Å². The van der Waals surface area contributed by atoms with Gasteiger partial charge in [0.1, 0.15) is 5.82 Å². The van der Waals surface area contributed by atoms with Crippen molar-refractivity contribution in [1.82, 2.24) is 15.1 Å². The zero-order valence-electron chi connectivity index (χ0n) is 14.3. The number of guanidine groups is 1. The Bertz CT molecular complexity index is 444. The molecule has 1 aromatic rings. The first-order chi connectivity index (χ1) is 10.6. The molecule has 0 saturated carbocycles. The van der Waals surface area contributed by atoms with Crippen LogP contribution in [0.1, 0.15) is 25.8 Å². The van der Waals surface area contributed by atoms with E-state index in [0.29, 0.717) is 6.54 Å². The number of rotatable bonds is 8. The predicted molar refractivity (Wildman–Crippen MR) is 91.6 cm³/mol. The molecule has 0 aliphatic heterocycles. The molecular formula is C17H29FN4. The minimum absolute atomic E-state index is 0.204. The molecule has 0 bridgehead atoms. The van der Waals surface area contributed by atoms with Crippen molar-refractivity contribution in [2.24, 2.45) is 4.99 Å². The van der Waals surface area contributed by atoms with E-state index in [1.807, 2.05) is 11.9 Å². The van der Waals surface area contributed by atoms with E-state index in [2.05, 4.69) is 29.1 Å². The van der Waals surface area contributed by atoms with Crippen molar-refractivity contribution in [1.29, 1.82) is 0 Å². The van der Waals surface area contributed by atoms with Gasteiger partial charge in [0.05, 0.1) is 0 Å². The van der Waals surface area contributed by atoms with E-state index >= 15 is 0 Å². The molecule has 0 amide bonds. The van der Waals surface area contributed by atoms with Gasteiger partial charge in [-0.25, -0.2) is 4.39 Å². The van der Waals surface area contributed by atoms with Crippen LogP contribution in [0.25, 0.3) is 0 Å². The van der Waals surface area contributed by atoms with Gasteiger partial charge in [0, 0.05) is 33.7 Å². The lowest BCUT2D eigenvalue weighted by Crippen LogP contribution is -2.42. The molecule has 5 heteroatoms. The molecule has 124 valence electrons. The Kier molecular flexibility index (Phi) is 8.51. The van der Waals surface area contributed by atoms with Gasteiger partial charge in [-0.2, -0.15) is 0 Å². The normalized spacial score (nSPS) is 11.8. The quantitative estimate of drug-likeness (QED) is 0.591. The van der Waals surface area contributed by atoms with Crippen molar-refractivity contribution < 1.29 is 4.39 Å². The van der Waals surface area contributed by atoms with Gasteiger partial charge >= 0.3 is 0 Å².